The molecule has 5 heteroatoms. The van der Waals surface area contributed by atoms with Crippen molar-refractivity contribution in [3.05, 3.63) is 0 Å². The number of carbonyl (C=O) groups is 1. The lowest BCUT2D eigenvalue weighted by atomic mass is 9.95. The van der Waals surface area contributed by atoms with E-state index >= 15 is 0 Å². The fraction of sp³-hybridized carbons (Fsp3) is 0.923. The van der Waals surface area contributed by atoms with Crippen LogP contribution in [-0.2, 0) is 19.0 Å². The lowest BCUT2D eigenvalue weighted by Crippen LogP contribution is -2.48. The van der Waals surface area contributed by atoms with Crippen LogP contribution < -0.4 is 5.32 Å². The van der Waals surface area contributed by atoms with Crippen molar-refractivity contribution in [1.29, 1.82) is 0 Å². The van der Waals surface area contributed by atoms with Gasteiger partial charge in [0.15, 0.2) is 0 Å². The minimum atomic E-state index is -0.597. The van der Waals surface area contributed by atoms with E-state index in [9.17, 15) is 4.79 Å². The third-order valence-electron chi connectivity index (χ3n) is 2.98. The van der Waals surface area contributed by atoms with Crippen molar-refractivity contribution in [1.82, 2.24) is 5.32 Å². The van der Waals surface area contributed by atoms with Crippen LogP contribution in [0.4, 0.5) is 0 Å². The second-order valence-electron chi connectivity index (χ2n) is 4.34. The molecule has 18 heavy (non-hydrogen) atoms. The van der Waals surface area contributed by atoms with E-state index in [4.69, 9.17) is 14.2 Å². The van der Waals surface area contributed by atoms with E-state index in [1.807, 2.05) is 13.8 Å². The topological polar surface area (TPSA) is 56.8 Å². The maximum absolute atomic E-state index is 11.6. The highest BCUT2D eigenvalue weighted by Gasteiger charge is 2.31. The lowest BCUT2D eigenvalue weighted by molar-refractivity contribution is -0.148. The number of nitrogens with one attached hydrogen (secondary N) is 1. The molecular weight excluding hydrogens is 234 g/mol. The van der Waals surface area contributed by atoms with E-state index < -0.39 is 5.54 Å². The summed E-state index contributed by atoms with van der Waals surface area (Å²) in [7, 11) is 3.18. The first-order valence-electron chi connectivity index (χ1n) is 6.53. The van der Waals surface area contributed by atoms with Gasteiger partial charge in [-0.05, 0) is 40.2 Å². The first-order valence-corrected chi connectivity index (χ1v) is 6.53. The fourth-order valence-corrected chi connectivity index (χ4v) is 1.60. The molecule has 0 aliphatic carbocycles. The Balaban J connectivity index is 3.60. The summed E-state index contributed by atoms with van der Waals surface area (Å²) in [6.45, 7) is 6.53. The monoisotopic (exact) mass is 261 g/mol. The highest BCUT2D eigenvalue weighted by molar-refractivity contribution is 5.80. The number of unbranched alkanes of at least 4 members (excludes halogenated alkanes) is 1. The van der Waals surface area contributed by atoms with Crippen LogP contribution in [0.1, 0.15) is 33.1 Å². The Morgan fingerprint density at radius 2 is 1.83 bits per heavy atom. The Bertz CT molecular complexity index is 223. The molecule has 0 rings (SSSR count). The minimum absolute atomic E-state index is 0.220. The van der Waals surface area contributed by atoms with Gasteiger partial charge in [0, 0.05) is 13.2 Å². The first kappa shape index (κ1) is 17.4. The Kier molecular flexibility index (Phi) is 9.92. The van der Waals surface area contributed by atoms with Gasteiger partial charge in [-0.25, -0.2) is 0 Å². The van der Waals surface area contributed by atoms with Crippen molar-refractivity contribution < 1.29 is 19.0 Å². The van der Waals surface area contributed by atoms with E-state index in [0.717, 1.165) is 25.9 Å². The summed E-state index contributed by atoms with van der Waals surface area (Å²) in [6, 6.07) is 0. The van der Waals surface area contributed by atoms with Gasteiger partial charge in [-0.1, -0.05) is 0 Å². The van der Waals surface area contributed by atoms with E-state index in [2.05, 4.69) is 5.32 Å². The molecule has 0 heterocycles. The van der Waals surface area contributed by atoms with Gasteiger partial charge in [0.2, 0.25) is 0 Å². The molecule has 1 atom stereocenters. The normalized spacial score (nSPS) is 14.2. The Morgan fingerprint density at radius 3 is 2.39 bits per heavy atom. The van der Waals surface area contributed by atoms with Crippen molar-refractivity contribution >= 4 is 5.97 Å². The fourth-order valence-electron chi connectivity index (χ4n) is 1.60. The van der Waals surface area contributed by atoms with Crippen LogP contribution >= 0.6 is 0 Å². The molecule has 0 radical (unpaired) electrons. The van der Waals surface area contributed by atoms with Crippen LogP contribution in [0.3, 0.4) is 0 Å². The summed E-state index contributed by atoms with van der Waals surface area (Å²) < 4.78 is 15.4. The van der Waals surface area contributed by atoms with E-state index in [-0.39, 0.29) is 5.97 Å². The van der Waals surface area contributed by atoms with Gasteiger partial charge in [-0.15, -0.1) is 0 Å². The summed E-state index contributed by atoms with van der Waals surface area (Å²) >= 11 is 0. The van der Waals surface area contributed by atoms with E-state index in [1.54, 1.807) is 7.05 Å². The molecule has 0 amide bonds. The third-order valence-corrected chi connectivity index (χ3v) is 2.98. The molecule has 0 saturated carbocycles. The minimum Gasteiger partial charge on any atom is -0.468 e. The van der Waals surface area contributed by atoms with Gasteiger partial charge in [-0.3, -0.25) is 4.79 Å². The molecule has 0 fully saturated rings. The number of likely N-dealkylation sites (N-methyl/N-ethyl adjacent to an activating group) is 1. The predicted octanol–water partition coefficient (Wildman–Crippen LogP) is 1.36. The number of carbonyl (C=O) groups excluding carboxylic acids is 1. The van der Waals surface area contributed by atoms with E-state index in [1.165, 1.54) is 7.11 Å². The molecule has 0 aliphatic heterocycles. The molecular formula is C13H27NO4. The highest BCUT2D eigenvalue weighted by atomic mass is 16.5. The summed E-state index contributed by atoms with van der Waals surface area (Å²) in [5.41, 5.74) is -0.597. The molecule has 0 spiro atoms. The van der Waals surface area contributed by atoms with Crippen molar-refractivity contribution in [3.63, 3.8) is 0 Å². The van der Waals surface area contributed by atoms with Gasteiger partial charge in [0.25, 0.3) is 0 Å². The summed E-state index contributed by atoms with van der Waals surface area (Å²) in [4.78, 5) is 11.6. The molecule has 5 nitrogen and oxygen atoms in total. The number of hydrogen-bond donors (Lipinski definition) is 1. The van der Waals surface area contributed by atoms with Crippen LogP contribution in [-0.4, -0.2) is 52.1 Å². The molecule has 0 aliphatic rings. The molecule has 1 unspecified atom stereocenters. The Hall–Kier alpha value is -0.650. The first-order chi connectivity index (χ1) is 8.60. The molecule has 0 aromatic rings. The van der Waals surface area contributed by atoms with Gasteiger partial charge in [0.05, 0.1) is 20.3 Å². The number of ether oxygens (including phenoxy) is 3. The maximum atomic E-state index is 11.6. The molecule has 1 N–H and O–H groups in total. The molecule has 0 aromatic carbocycles. The van der Waals surface area contributed by atoms with Crippen molar-refractivity contribution in [3.8, 4) is 0 Å². The quantitative estimate of drug-likeness (QED) is 0.449. The van der Waals surface area contributed by atoms with Crippen molar-refractivity contribution in [2.24, 2.45) is 0 Å². The summed E-state index contributed by atoms with van der Waals surface area (Å²) in [6.07, 6.45) is 2.59. The average molecular weight is 261 g/mol. The molecule has 0 saturated heterocycles. The number of methoxy groups -OCH3 is 1. The summed E-state index contributed by atoms with van der Waals surface area (Å²) in [5, 5.41) is 3.01. The molecule has 108 valence electrons. The smallest absolute Gasteiger partial charge is 0.325 e. The van der Waals surface area contributed by atoms with Crippen LogP contribution in [0.5, 0.6) is 0 Å². The largest absolute Gasteiger partial charge is 0.468 e. The van der Waals surface area contributed by atoms with Crippen molar-refractivity contribution in [2.45, 2.75) is 38.6 Å². The van der Waals surface area contributed by atoms with Crippen LogP contribution in [0, 0.1) is 0 Å². The predicted molar refractivity (Wildman–Crippen MR) is 70.6 cm³/mol. The van der Waals surface area contributed by atoms with Crippen molar-refractivity contribution in [2.75, 3.05) is 40.6 Å². The third kappa shape index (κ3) is 6.93. The van der Waals surface area contributed by atoms with E-state index in [0.29, 0.717) is 19.8 Å². The Labute approximate surface area is 110 Å². The zero-order chi connectivity index (χ0) is 13.9. The summed E-state index contributed by atoms with van der Waals surface area (Å²) in [5.74, 6) is -0.220. The zero-order valence-corrected chi connectivity index (χ0v) is 12.1. The Morgan fingerprint density at radius 1 is 1.17 bits per heavy atom. The number of hydrogen-bond acceptors (Lipinski definition) is 5. The van der Waals surface area contributed by atoms with Crippen LogP contribution in [0.15, 0.2) is 0 Å². The SMILES string of the molecule is CCOCCOCCCCC(C)(NC)C(=O)OC. The second kappa shape index (κ2) is 10.3. The van der Waals surface area contributed by atoms with Gasteiger partial charge in [0.1, 0.15) is 5.54 Å². The molecule has 0 bridgehead atoms. The standard InChI is InChI=1S/C13H27NO4/c1-5-17-10-11-18-9-7-6-8-13(2,14-3)12(15)16-4/h14H,5-11H2,1-4H3. The second-order valence-corrected chi connectivity index (χ2v) is 4.34. The highest BCUT2D eigenvalue weighted by Crippen LogP contribution is 2.15. The number of rotatable bonds is 11. The zero-order valence-electron chi connectivity index (χ0n) is 12.1. The maximum Gasteiger partial charge on any atom is 0.325 e. The van der Waals surface area contributed by atoms with Crippen LogP contribution in [0.2, 0.25) is 0 Å². The average Bonchev–Trinajstić information content (AvgIpc) is 2.40. The van der Waals surface area contributed by atoms with Gasteiger partial charge >= 0.3 is 5.97 Å². The molecule has 0 aromatic heterocycles. The number of esters is 1. The van der Waals surface area contributed by atoms with Crippen LogP contribution in [0.25, 0.3) is 0 Å². The lowest BCUT2D eigenvalue weighted by Gasteiger charge is -2.25. The van der Waals surface area contributed by atoms with Gasteiger partial charge in [-0.2, -0.15) is 0 Å². The van der Waals surface area contributed by atoms with Gasteiger partial charge < -0.3 is 19.5 Å².